The Morgan fingerprint density at radius 3 is 2.29 bits per heavy atom. The molecule has 1 aliphatic heterocycles. The van der Waals surface area contributed by atoms with Crippen molar-refractivity contribution in [2.24, 2.45) is 0 Å². The molecule has 1 atom stereocenters. The first-order valence-electron chi connectivity index (χ1n) is 9.71. The molecule has 3 aromatic rings. The molecule has 6 heteroatoms. The summed E-state index contributed by atoms with van der Waals surface area (Å²) in [4.78, 5) is 27.1. The molecule has 2 heterocycles. The maximum Gasteiger partial charge on any atom is 0.347 e. The van der Waals surface area contributed by atoms with E-state index in [0.717, 1.165) is 29.9 Å². The van der Waals surface area contributed by atoms with E-state index in [9.17, 15) is 9.59 Å². The van der Waals surface area contributed by atoms with Crippen molar-refractivity contribution in [3.63, 3.8) is 0 Å². The molecule has 0 bridgehead atoms. The fraction of sp³-hybridized carbons (Fsp3) is 0.318. The van der Waals surface area contributed by atoms with Crippen molar-refractivity contribution in [3.8, 4) is 5.69 Å². The molecule has 1 aromatic heterocycles. The first-order chi connectivity index (χ1) is 13.6. The first-order valence-corrected chi connectivity index (χ1v) is 9.71. The Kier molecular flexibility index (Phi) is 5.10. The van der Waals surface area contributed by atoms with E-state index in [1.165, 1.54) is 0 Å². The van der Waals surface area contributed by atoms with Crippen molar-refractivity contribution in [2.75, 3.05) is 13.1 Å². The summed E-state index contributed by atoms with van der Waals surface area (Å²) < 4.78 is 1.65. The third kappa shape index (κ3) is 3.50. The lowest BCUT2D eigenvalue weighted by Crippen LogP contribution is -2.40. The fourth-order valence-corrected chi connectivity index (χ4v) is 3.93. The lowest BCUT2D eigenvalue weighted by molar-refractivity contribution is -0.133. The minimum atomic E-state index is -0.225. The van der Waals surface area contributed by atoms with Gasteiger partial charge in [-0.05, 0) is 37.5 Å². The molecule has 0 aliphatic carbocycles. The van der Waals surface area contributed by atoms with Crippen LogP contribution in [0.3, 0.4) is 0 Å². The minimum Gasteiger partial charge on any atom is -0.342 e. The van der Waals surface area contributed by atoms with E-state index in [2.05, 4.69) is 10.2 Å². The van der Waals surface area contributed by atoms with E-state index < -0.39 is 0 Å². The van der Waals surface area contributed by atoms with Gasteiger partial charge in [-0.3, -0.25) is 4.79 Å². The highest BCUT2D eigenvalue weighted by Gasteiger charge is 2.30. The zero-order valence-corrected chi connectivity index (χ0v) is 15.9. The van der Waals surface area contributed by atoms with Crippen LogP contribution in [0.1, 0.15) is 43.0 Å². The number of piperidine rings is 1. The zero-order valence-electron chi connectivity index (χ0n) is 15.9. The molecule has 0 unspecified atom stereocenters. The van der Waals surface area contributed by atoms with E-state index in [0.29, 0.717) is 13.1 Å². The lowest BCUT2D eigenvalue weighted by atomic mass is 9.93. The number of rotatable bonds is 4. The van der Waals surface area contributed by atoms with Crippen molar-refractivity contribution in [3.05, 3.63) is 82.5 Å². The van der Waals surface area contributed by atoms with Gasteiger partial charge in [0.1, 0.15) is 5.82 Å². The van der Waals surface area contributed by atoms with Gasteiger partial charge < -0.3 is 4.90 Å². The molecule has 1 N–H and O–H groups in total. The van der Waals surface area contributed by atoms with Crippen molar-refractivity contribution >= 4 is 5.91 Å². The van der Waals surface area contributed by atoms with Gasteiger partial charge in [0.05, 0.1) is 11.6 Å². The van der Waals surface area contributed by atoms with Gasteiger partial charge in [-0.25, -0.2) is 14.5 Å². The predicted molar refractivity (Wildman–Crippen MR) is 108 cm³/mol. The molecule has 6 nitrogen and oxygen atoms in total. The van der Waals surface area contributed by atoms with Crippen molar-refractivity contribution in [1.82, 2.24) is 19.7 Å². The standard InChI is InChI=1S/C22H24N4O2/c1-16(17-8-4-2-5-9-17)21(27)25-14-12-18(13-15-25)20-23-24-22(28)26(20)19-10-6-3-7-11-19/h2-11,16,18H,12-15H2,1H3,(H,24,28)/t16-/m1/s1. The SMILES string of the molecule is C[C@@H](C(=O)N1CCC(c2n[nH]c(=O)n2-c2ccccc2)CC1)c1ccccc1. The van der Waals surface area contributed by atoms with E-state index in [-0.39, 0.29) is 23.4 Å². The molecule has 0 saturated carbocycles. The summed E-state index contributed by atoms with van der Waals surface area (Å²) in [6, 6.07) is 19.4. The summed E-state index contributed by atoms with van der Waals surface area (Å²) >= 11 is 0. The second-order valence-electron chi connectivity index (χ2n) is 7.29. The van der Waals surface area contributed by atoms with Crippen LogP contribution in [0.25, 0.3) is 5.69 Å². The molecule has 2 aromatic carbocycles. The average Bonchev–Trinajstić information content (AvgIpc) is 3.15. The summed E-state index contributed by atoms with van der Waals surface area (Å²) in [6.07, 6.45) is 1.59. The van der Waals surface area contributed by atoms with Gasteiger partial charge in [-0.2, -0.15) is 5.10 Å². The van der Waals surface area contributed by atoms with Crippen LogP contribution >= 0.6 is 0 Å². The summed E-state index contributed by atoms with van der Waals surface area (Å²) in [5.41, 5.74) is 1.63. The quantitative estimate of drug-likeness (QED) is 0.761. The third-order valence-corrected chi connectivity index (χ3v) is 5.55. The van der Waals surface area contributed by atoms with Crippen LogP contribution in [0.15, 0.2) is 65.5 Å². The molecule has 4 rings (SSSR count). The Morgan fingerprint density at radius 1 is 1.04 bits per heavy atom. The van der Waals surface area contributed by atoms with E-state index in [4.69, 9.17) is 0 Å². The predicted octanol–water partition coefficient (Wildman–Crippen LogP) is 3.07. The Hall–Kier alpha value is -3.15. The number of benzene rings is 2. The number of amides is 1. The Balaban J connectivity index is 1.47. The fourth-order valence-electron chi connectivity index (χ4n) is 3.93. The van der Waals surface area contributed by atoms with Gasteiger partial charge in [0.25, 0.3) is 0 Å². The number of carbonyl (C=O) groups is 1. The molecule has 1 saturated heterocycles. The monoisotopic (exact) mass is 376 g/mol. The molecule has 0 spiro atoms. The number of carbonyl (C=O) groups excluding carboxylic acids is 1. The van der Waals surface area contributed by atoms with Crippen LogP contribution < -0.4 is 5.69 Å². The van der Waals surface area contributed by atoms with Gasteiger partial charge in [-0.15, -0.1) is 0 Å². The normalized spacial score (nSPS) is 16.1. The highest BCUT2D eigenvalue weighted by atomic mass is 16.2. The van der Waals surface area contributed by atoms with Crippen LogP contribution in [0, 0.1) is 0 Å². The van der Waals surface area contributed by atoms with Crippen molar-refractivity contribution in [1.29, 1.82) is 0 Å². The number of aromatic nitrogens is 3. The van der Waals surface area contributed by atoms with Gasteiger partial charge in [0.2, 0.25) is 5.91 Å². The number of hydrogen-bond donors (Lipinski definition) is 1. The van der Waals surface area contributed by atoms with Crippen LogP contribution in [-0.4, -0.2) is 38.7 Å². The number of nitrogens with zero attached hydrogens (tertiary/aromatic N) is 3. The largest absolute Gasteiger partial charge is 0.347 e. The van der Waals surface area contributed by atoms with Crippen LogP contribution in [0.4, 0.5) is 0 Å². The molecule has 144 valence electrons. The third-order valence-electron chi connectivity index (χ3n) is 5.55. The highest BCUT2D eigenvalue weighted by Crippen LogP contribution is 2.29. The van der Waals surface area contributed by atoms with Gasteiger partial charge in [0, 0.05) is 19.0 Å². The van der Waals surface area contributed by atoms with Crippen LogP contribution in [0.5, 0.6) is 0 Å². The maximum atomic E-state index is 12.9. The summed E-state index contributed by atoms with van der Waals surface area (Å²) in [7, 11) is 0. The molecule has 1 fully saturated rings. The van der Waals surface area contributed by atoms with Crippen molar-refractivity contribution in [2.45, 2.75) is 31.6 Å². The number of nitrogens with one attached hydrogen (secondary N) is 1. The number of H-pyrrole nitrogens is 1. The molecule has 0 radical (unpaired) electrons. The van der Waals surface area contributed by atoms with E-state index >= 15 is 0 Å². The van der Waals surface area contributed by atoms with Gasteiger partial charge in [-0.1, -0.05) is 48.5 Å². The van der Waals surface area contributed by atoms with Crippen molar-refractivity contribution < 1.29 is 4.79 Å². The molecular weight excluding hydrogens is 352 g/mol. The summed E-state index contributed by atoms with van der Waals surface area (Å²) in [5.74, 6) is 0.910. The zero-order chi connectivity index (χ0) is 19.5. The Labute approximate surface area is 163 Å². The number of aromatic amines is 1. The number of likely N-dealkylation sites (tertiary alicyclic amines) is 1. The Bertz CT molecular complexity index is 986. The second-order valence-corrected chi connectivity index (χ2v) is 7.29. The first kappa shape index (κ1) is 18.2. The molecule has 28 heavy (non-hydrogen) atoms. The minimum absolute atomic E-state index is 0.148. The highest BCUT2D eigenvalue weighted by molar-refractivity contribution is 5.83. The van der Waals surface area contributed by atoms with E-state index in [1.807, 2.05) is 72.5 Å². The topological polar surface area (TPSA) is 71.0 Å². The molecular formula is C22H24N4O2. The average molecular weight is 376 g/mol. The van der Waals surface area contributed by atoms with E-state index in [1.54, 1.807) is 4.57 Å². The van der Waals surface area contributed by atoms with Crippen LogP contribution in [-0.2, 0) is 4.79 Å². The molecule has 1 amide bonds. The van der Waals surface area contributed by atoms with Crippen LogP contribution in [0.2, 0.25) is 0 Å². The second kappa shape index (κ2) is 7.84. The maximum absolute atomic E-state index is 12.9. The lowest BCUT2D eigenvalue weighted by Gasteiger charge is -2.33. The van der Waals surface area contributed by atoms with Gasteiger partial charge >= 0.3 is 5.69 Å². The Morgan fingerprint density at radius 2 is 1.64 bits per heavy atom. The smallest absolute Gasteiger partial charge is 0.342 e. The number of para-hydroxylation sites is 1. The molecule has 1 aliphatic rings. The summed E-state index contributed by atoms with van der Waals surface area (Å²) in [6.45, 7) is 3.32. The van der Waals surface area contributed by atoms with Gasteiger partial charge in [0.15, 0.2) is 0 Å². The summed E-state index contributed by atoms with van der Waals surface area (Å²) in [5, 5.41) is 6.87. The number of hydrogen-bond acceptors (Lipinski definition) is 3.